The van der Waals surface area contributed by atoms with E-state index in [-0.39, 0.29) is 40.3 Å². The number of carbonyl (C=O) groups excluding carboxylic acids is 3. The third kappa shape index (κ3) is 8.12. The zero-order chi connectivity index (χ0) is 27.2. The molecule has 0 radical (unpaired) electrons. The van der Waals surface area contributed by atoms with Crippen molar-refractivity contribution in [2.24, 2.45) is 5.41 Å². The van der Waals surface area contributed by atoms with Gasteiger partial charge in [0.1, 0.15) is 5.82 Å². The molecule has 200 valence electrons. The molecule has 8 heteroatoms. The molecule has 1 aliphatic carbocycles. The van der Waals surface area contributed by atoms with Gasteiger partial charge in [0.15, 0.2) is 0 Å². The summed E-state index contributed by atoms with van der Waals surface area (Å²) in [5.41, 5.74) is 1.86. The van der Waals surface area contributed by atoms with Crippen molar-refractivity contribution in [2.75, 3.05) is 26.3 Å². The molecule has 3 rings (SSSR count). The van der Waals surface area contributed by atoms with Gasteiger partial charge in [-0.05, 0) is 79.5 Å². The lowest BCUT2D eigenvalue weighted by molar-refractivity contribution is 0.0934. The number of hydrogen-bond donors (Lipinski definition) is 3. The van der Waals surface area contributed by atoms with E-state index in [9.17, 15) is 18.8 Å². The van der Waals surface area contributed by atoms with Crippen LogP contribution in [0.4, 0.5) is 4.39 Å². The SMILES string of the molecule is CCOCCCNC(=O)c1cc(C(=O)NCC(C)(C)C)ccc1-c1cc(C(=O)NC2CC2)cc(F)c1C. The second kappa shape index (κ2) is 12.3. The van der Waals surface area contributed by atoms with E-state index in [2.05, 4.69) is 16.0 Å². The molecule has 7 nitrogen and oxygen atoms in total. The number of halogens is 1. The average Bonchev–Trinajstić information content (AvgIpc) is 3.67. The monoisotopic (exact) mass is 511 g/mol. The molecule has 0 spiro atoms. The molecule has 0 aromatic heterocycles. The van der Waals surface area contributed by atoms with Gasteiger partial charge >= 0.3 is 0 Å². The van der Waals surface area contributed by atoms with Crippen molar-refractivity contribution >= 4 is 17.7 Å². The minimum Gasteiger partial charge on any atom is -0.382 e. The van der Waals surface area contributed by atoms with E-state index in [4.69, 9.17) is 4.74 Å². The molecule has 1 aliphatic rings. The minimum atomic E-state index is -0.534. The lowest BCUT2D eigenvalue weighted by atomic mass is 9.91. The van der Waals surface area contributed by atoms with Crippen molar-refractivity contribution in [3.8, 4) is 11.1 Å². The van der Waals surface area contributed by atoms with Gasteiger partial charge in [0, 0.05) is 49.0 Å². The predicted octanol–water partition coefficient (Wildman–Crippen LogP) is 4.63. The molecule has 3 N–H and O–H groups in total. The van der Waals surface area contributed by atoms with Crippen LogP contribution in [0.15, 0.2) is 30.3 Å². The van der Waals surface area contributed by atoms with Crippen LogP contribution in [0, 0.1) is 18.2 Å². The number of benzene rings is 2. The zero-order valence-electron chi connectivity index (χ0n) is 22.4. The van der Waals surface area contributed by atoms with Crippen LogP contribution in [0.5, 0.6) is 0 Å². The maximum atomic E-state index is 15.0. The fraction of sp³-hybridized carbons (Fsp3) is 0.483. The summed E-state index contributed by atoms with van der Waals surface area (Å²) in [6.07, 6.45) is 2.46. The van der Waals surface area contributed by atoms with Crippen LogP contribution in [0.3, 0.4) is 0 Å². The Morgan fingerprint density at radius 1 is 0.973 bits per heavy atom. The summed E-state index contributed by atoms with van der Waals surface area (Å²) in [4.78, 5) is 38.8. The van der Waals surface area contributed by atoms with Crippen molar-refractivity contribution in [2.45, 2.75) is 59.9 Å². The molecule has 0 heterocycles. The molecule has 3 amide bonds. The van der Waals surface area contributed by atoms with E-state index in [1.807, 2.05) is 27.7 Å². The van der Waals surface area contributed by atoms with Crippen LogP contribution in [0.2, 0.25) is 0 Å². The molecule has 2 aromatic carbocycles. The van der Waals surface area contributed by atoms with Crippen LogP contribution in [0.25, 0.3) is 11.1 Å². The number of nitrogens with one attached hydrogen (secondary N) is 3. The average molecular weight is 512 g/mol. The minimum absolute atomic E-state index is 0.105. The van der Waals surface area contributed by atoms with Crippen LogP contribution >= 0.6 is 0 Å². The molecule has 2 aromatic rings. The largest absolute Gasteiger partial charge is 0.382 e. The molecule has 0 bridgehead atoms. The summed E-state index contributed by atoms with van der Waals surface area (Å²) in [7, 11) is 0. The van der Waals surface area contributed by atoms with Crippen LogP contribution < -0.4 is 16.0 Å². The molecule has 0 saturated heterocycles. The molecule has 0 atom stereocenters. The van der Waals surface area contributed by atoms with Crippen LogP contribution in [-0.2, 0) is 4.74 Å². The lowest BCUT2D eigenvalue weighted by Gasteiger charge is -2.19. The Balaban J connectivity index is 1.97. The van der Waals surface area contributed by atoms with E-state index >= 15 is 0 Å². The van der Waals surface area contributed by atoms with Crippen molar-refractivity contribution in [1.82, 2.24) is 16.0 Å². The molecular formula is C29H38FN3O4. The highest BCUT2D eigenvalue weighted by Crippen LogP contribution is 2.31. The smallest absolute Gasteiger partial charge is 0.251 e. The third-order valence-corrected chi connectivity index (χ3v) is 6.07. The van der Waals surface area contributed by atoms with Gasteiger partial charge in [0.25, 0.3) is 17.7 Å². The quantitative estimate of drug-likeness (QED) is 0.384. The van der Waals surface area contributed by atoms with Gasteiger partial charge in [-0.1, -0.05) is 26.8 Å². The Bertz CT molecular complexity index is 1150. The molecule has 37 heavy (non-hydrogen) atoms. The predicted molar refractivity (Wildman–Crippen MR) is 142 cm³/mol. The number of hydrogen-bond acceptors (Lipinski definition) is 4. The van der Waals surface area contributed by atoms with Gasteiger partial charge < -0.3 is 20.7 Å². The van der Waals surface area contributed by atoms with Crippen molar-refractivity contribution in [3.05, 3.63) is 58.4 Å². The summed E-state index contributed by atoms with van der Waals surface area (Å²) in [6.45, 7) is 11.5. The Morgan fingerprint density at radius 3 is 2.35 bits per heavy atom. The molecule has 0 aliphatic heterocycles. The van der Waals surface area contributed by atoms with Gasteiger partial charge in [-0.2, -0.15) is 0 Å². The number of carbonyl (C=O) groups is 3. The summed E-state index contributed by atoms with van der Waals surface area (Å²) >= 11 is 0. The zero-order valence-corrected chi connectivity index (χ0v) is 22.4. The highest BCUT2D eigenvalue weighted by atomic mass is 19.1. The first-order valence-corrected chi connectivity index (χ1v) is 12.9. The second-order valence-electron chi connectivity index (χ2n) is 10.7. The van der Waals surface area contributed by atoms with Crippen molar-refractivity contribution in [3.63, 3.8) is 0 Å². The fourth-order valence-electron chi connectivity index (χ4n) is 3.76. The number of rotatable bonds is 11. The van der Waals surface area contributed by atoms with E-state index < -0.39 is 5.82 Å². The standard InChI is InChI=1S/C29H38FN3O4/c1-6-37-13-7-12-31-28(36)24-14-19(26(34)32-17-29(3,4)5)8-11-22(24)23-15-20(16-25(30)18(23)2)27(35)33-21-9-10-21/h8,11,14-16,21H,6-7,9-10,12-13,17H2,1-5H3,(H,31,36)(H,32,34)(H,33,35). The van der Waals surface area contributed by atoms with Crippen molar-refractivity contribution in [1.29, 1.82) is 0 Å². The van der Waals surface area contributed by atoms with Crippen LogP contribution in [-0.4, -0.2) is 50.1 Å². The maximum Gasteiger partial charge on any atom is 0.251 e. The van der Waals surface area contributed by atoms with E-state index in [1.165, 1.54) is 12.1 Å². The third-order valence-electron chi connectivity index (χ3n) is 6.07. The van der Waals surface area contributed by atoms with E-state index in [0.29, 0.717) is 55.0 Å². The van der Waals surface area contributed by atoms with E-state index in [0.717, 1.165) is 12.8 Å². The van der Waals surface area contributed by atoms with Gasteiger partial charge in [0.2, 0.25) is 0 Å². The van der Waals surface area contributed by atoms with Crippen LogP contribution in [0.1, 0.15) is 83.6 Å². The Labute approximate surface area is 218 Å². The first-order chi connectivity index (χ1) is 17.5. The second-order valence-corrected chi connectivity index (χ2v) is 10.7. The summed E-state index contributed by atoms with van der Waals surface area (Å²) in [6, 6.07) is 7.75. The maximum absolute atomic E-state index is 15.0. The first-order valence-electron chi connectivity index (χ1n) is 12.9. The van der Waals surface area contributed by atoms with Crippen molar-refractivity contribution < 1.29 is 23.5 Å². The van der Waals surface area contributed by atoms with Gasteiger partial charge in [-0.3, -0.25) is 14.4 Å². The lowest BCUT2D eigenvalue weighted by Crippen LogP contribution is -2.32. The fourth-order valence-corrected chi connectivity index (χ4v) is 3.76. The highest BCUT2D eigenvalue weighted by Gasteiger charge is 2.25. The topological polar surface area (TPSA) is 96.5 Å². The Hall–Kier alpha value is -3.26. The van der Waals surface area contributed by atoms with Gasteiger partial charge in [-0.25, -0.2) is 4.39 Å². The summed E-state index contributed by atoms with van der Waals surface area (Å²) in [5, 5.41) is 8.65. The molecule has 1 fully saturated rings. The first kappa shape index (κ1) is 28.3. The molecule has 1 saturated carbocycles. The Morgan fingerprint density at radius 2 is 1.70 bits per heavy atom. The number of amides is 3. The van der Waals surface area contributed by atoms with E-state index in [1.54, 1.807) is 25.1 Å². The van der Waals surface area contributed by atoms with Gasteiger partial charge in [-0.15, -0.1) is 0 Å². The Kier molecular flexibility index (Phi) is 9.43. The normalized spacial score (nSPS) is 13.2. The molecule has 0 unspecified atom stereocenters. The number of ether oxygens (including phenoxy) is 1. The molecular weight excluding hydrogens is 473 g/mol. The van der Waals surface area contributed by atoms with Gasteiger partial charge in [0.05, 0.1) is 0 Å². The summed E-state index contributed by atoms with van der Waals surface area (Å²) in [5.74, 6) is -1.56. The summed E-state index contributed by atoms with van der Waals surface area (Å²) < 4.78 is 20.3. The highest BCUT2D eigenvalue weighted by molar-refractivity contribution is 6.05.